The number of nitrogens with one attached hydrogen (secondary N) is 1. The molecule has 2 amide bonds. The van der Waals surface area contributed by atoms with Gasteiger partial charge in [0, 0.05) is 31.9 Å². The summed E-state index contributed by atoms with van der Waals surface area (Å²) in [4.78, 5) is 43.3. The van der Waals surface area contributed by atoms with Crippen LogP contribution in [0.5, 0.6) is 0 Å². The number of hydrogen-bond acceptors (Lipinski definition) is 7. The van der Waals surface area contributed by atoms with Crippen molar-refractivity contribution in [3.63, 3.8) is 0 Å². The highest BCUT2D eigenvalue weighted by atomic mass is 32.1. The molecule has 0 unspecified atom stereocenters. The number of ether oxygens (including phenoxy) is 2. The third kappa shape index (κ3) is 5.86. The minimum atomic E-state index is -0.807. The fraction of sp³-hybridized carbons (Fsp3) is 0.360. The Bertz CT molecular complexity index is 1120. The molecule has 2 saturated heterocycles. The van der Waals surface area contributed by atoms with Crippen LogP contribution in [0.3, 0.4) is 0 Å². The fourth-order valence-electron chi connectivity index (χ4n) is 4.18. The third-order valence-corrected chi connectivity index (χ3v) is 6.55. The molecule has 2 aromatic carbocycles. The van der Waals surface area contributed by atoms with Crippen LogP contribution in [0.15, 0.2) is 48.5 Å². The Hall–Kier alpha value is -3.41. The van der Waals surface area contributed by atoms with Crippen molar-refractivity contribution in [2.24, 2.45) is 0 Å². The van der Waals surface area contributed by atoms with Crippen LogP contribution in [0.1, 0.15) is 16.8 Å². The number of carbonyl (C=O) groups excluding carboxylic acids is 3. The Balaban J connectivity index is 1.49. The summed E-state index contributed by atoms with van der Waals surface area (Å²) in [5, 5.41) is 3.05. The molecule has 0 bridgehead atoms. The monoisotopic (exact) mass is 514 g/mol. The van der Waals surface area contributed by atoms with E-state index < -0.39 is 17.8 Å². The van der Waals surface area contributed by atoms with Gasteiger partial charge in [0.05, 0.1) is 38.0 Å². The van der Waals surface area contributed by atoms with Crippen LogP contribution in [-0.2, 0) is 19.1 Å². The average Bonchev–Trinajstić information content (AvgIpc) is 3.12. The summed E-state index contributed by atoms with van der Waals surface area (Å²) in [7, 11) is 1.29. The van der Waals surface area contributed by atoms with E-state index in [-0.39, 0.29) is 23.3 Å². The first-order valence-corrected chi connectivity index (χ1v) is 12.0. The van der Waals surface area contributed by atoms with Crippen LogP contribution in [0.2, 0.25) is 0 Å². The normalized spacial score (nSPS) is 18.4. The molecule has 0 radical (unpaired) electrons. The Labute approximate surface area is 213 Å². The van der Waals surface area contributed by atoms with E-state index in [4.69, 9.17) is 17.0 Å². The Morgan fingerprint density at radius 1 is 1.08 bits per heavy atom. The minimum Gasteiger partial charge on any atom is -0.465 e. The summed E-state index contributed by atoms with van der Waals surface area (Å²) in [6.45, 7) is 3.96. The number of amides is 2. The zero-order chi connectivity index (χ0) is 25.7. The van der Waals surface area contributed by atoms with Crippen LogP contribution >= 0.6 is 12.2 Å². The van der Waals surface area contributed by atoms with E-state index in [1.54, 1.807) is 29.2 Å². The molecular formula is C25H27FN4O5S. The van der Waals surface area contributed by atoms with Crippen molar-refractivity contribution >= 4 is 46.5 Å². The van der Waals surface area contributed by atoms with Gasteiger partial charge in [-0.3, -0.25) is 19.4 Å². The molecule has 2 fully saturated rings. The first-order chi connectivity index (χ1) is 17.4. The number of methoxy groups -OCH3 is 1. The van der Waals surface area contributed by atoms with E-state index in [1.807, 2.05) is 0 Å². The van der Waals surface area contributed by atoms with Gasteiger partial charge in [0.15, 0.2) is 5.11 Å². The lowest BCUT2D eigenvalue weighted by Gasteiger charge is -2.30. The van der Waals surface area contributed by atoms with Crippen molar-refractivity contribution in [2.45, 2.75) is 12.5 Å². The SMILES string of the molecule is COC(=O)c1ccc(NC(=O)C[C@@H]2C(=O)N(c3ccc(F)cc3)C(=S)N2CCN2CCOCC2)cc1. The number of benzene rings is 2. The van der Waals surface area contributed by atoms with Crippen molar-refractivity contribution < 1.29 is 28.2 Å². The van der Waals surface area contributed by atoms with Crippen LogP contribution in [0.4, 0.5) is 15.8 Å². The lowest BCUT2D eigenvalue weighted by Crippen LogP contribution is -2.45. The molecule has 4 rings (SSSR count). The second-order valence-corrected chi connectivity index (χ2v) is 8.78. The summed E-state index contributed by atoms with van der Waals surface area (Å²) in [6.07, 6.45) is -0.126. The molecular weight excluding hydrogens is 487 g/mol. The predicted octanol–water partition coefficient (Wildman–Crippen LogP) is 2.28. The molecule has 36 heavy (non-hydrogen) atoms. The van der Waals surface area contributed by atoms with Crippen molar-refractivity contribution in [1.29, 1.82) is 0 Å². The number of thiocarbonyl (C=S) groups is 1. The van der Waals surface area contributed by atoms with Gasteiger partial charge in [-0.05, 0) is 60.7 Å². The van der Waals surface area contributed by atoms with E-state index in [1.165, 1.54) is 36.3 Å². The molecule has 0 spiro atoms. The summed E-state index contributed by atoms with van der Waals surface area (Å²) in [6, 6.07) is 11.0. The first-order valence-electron chi connectivity index (χ1n) is 11.6. The highest BCUT2D eigenvalue weighted by Crippen LogP contribution is 2.27. The van der Waals surface area contributed by atoms with Crippen LogP contribution < -0.4 is 10.2 Å². The lowest BCUT2D eigenvalue weighted by atomic mass is 10.1. The van der Waals surface area contributed by atoms with Crippen LogP contribution in [0.25, 0.3) is 0 Å². The smallest absolute Gasteiger partial charge is 0.337 e. The number of rotatable bonds is 8. The molecule has 0 saturated carbocycles. The van der Waals surface area contributed by atoms with Gasteiger partial charge in [-0.15, -0.1) is 0 Å². The average molecular weight is 515 g/mol. The van der Waals surface area contributed by atoms with Gasteiger partial charge >= 0.3 is 5.97 Å². The second-order valence-electron chi connectivity index (χ2n) is 8.42. The third-order valence-electron chi connectivity index (χ3n) is 6.13. The molecule has 2 aliphatic rings. The lowest BCUT2D eigenvalue weighted by molar-refractivity contribution is -0.124. The molecule has 1 N–H and O–H groups in total. The molecule has 2 aliphatic heterocycles. The molecule has 11 heteroatoms. The number of hydrogen-bond donors (Lipinski definition) is 1. The Kier molecular flexibility index (Phi) is 8.24. The zero-order valence-corrected chi connectivity index (χ0v) is 20.6. The zero-order valence-electron chi connectivity index (χ0n) is 19.8. The van der Waals surface area contributed by atoms with E-state index >= 15 is 0 Å². The molecule has 2 heterocycles. The van der Waals surface area contributed by atoms with Gasteiger partial charge in [-0.2, -0.15) is 0 Å². The summed E-state index contributed by atoms with van der Waals surface area (Å²) in [5.41, 5.74) is 1.29. The molecule has 2 aromatic rings. The van der Waals surface area contributed by atoms with Gasteiger partial charge in [-0.25, -0.2) is 9.18 Å². The summed E-state index contributed by atoms with van der Waals surface area (Å²) >= 11 is 5.65. The first kappa shape index (κ1) is 25.7. The van der Waals surface area contributed by atoms with Gasteiger partial charge in [0.2, 0.25) is 5.91 Å². The number of morpholine rings is 1. The molecule has 190 valence electrons. The van der Waals surface area contributed by atoms with E-state index in [0.717, 1.165) is 13.1 Å². The fourth-order valence-corrected chi connectivity index (χ4v) is 4.60. The Morgan fingerprint density at radius 2 is 1.75 bits per heavy atom. The number of halogens is 1. The van der Waals surface area contributed by atoms with E-state index in [9.17, 15) is 18.8 Å². The maximum absolute atomic E-state index is 13.5. The van der Waals surface area contributed by atoms with Gasteiger partial charge in [0.1, 0.15) is 11.9 Å². The summed E-state index contributed by atoms with van der Waals surface area (Å²) < 4.78 is 23.6. The number of anilines is 2. The predicted molar refractivity (Wildman–Crippen MR) is 135 cm³/mol. The number of esters is 1. The molecule has 0 aromatic heterocycles. The van der Waals surface area contributed by atoms with Crippen LogP contribution in [0, 0.1) is 5.82 Å². The standard InChI is InChI=1S/C25H27FN4O5S/c1-34-24(33)17-2-6-19(7-3-17)27-22(31)16-21-23(32)30(20-8-4-18(26)5-9-20)25(36)29(21)11-10-28-12-14-35-15-13-28/h2-9,21H,10-16H2,1H3,(H,27,31)/t21-/m1/s1. The van der Waals surface area contributed by atoms with Gasteiger partial charge in [0.25, 0.3) is 5.91 Å². The Morgan fingerprint density at radius 3 is 2.39 bits per heavy atom. The topological polar surface area (TPSA) is 91.4 Å². The van der Waals surface area contributed by atoms with Gasteiger partial charge in [-0.1, -0.05) is 0 Å². The van der Waals surface area contributed by atoms with Gasteiger partial charge < -0.3 is 19.7 Å². The second kappa shape index (κ2) is 11.5. The molecule has 9 nitrogen and oxygen atoms in total. The van der Waals surface area contributed by atoms with Crippen molar-refractivity contribution in [1.82, 2.24) is 9.80 Å². The van der Waals surface area contributed by atoms with Crippen molar-refractivity contribution in [3.05, 3.63) is 59.9 Å². The van der Waals surface area contributed by atoms with Crippen molar-refractivity contribution in [2.75, 3.05) is 56.7 Å². The number of nitrogens with zero attached hydrogens (tertiary/aromatic N) is 3. The molecule has 1 atom stereocenters. The summed E-state index contributed by atoms with van der Waals surface area (Å²) in [5.74, 6) is -1.62. The highest BCUT2D eigenvalue weighted by Gasteiger charge is 2.44. The maximum Gasteiger partial charge on any atom is 0.337 e. The minimum absolute atomic E-state index is 0.126. The quantitative estimate of drug-likeness (QED) is 0.424. The maximum atomic E-state index is 13.5. The van der Waals surface area contributed by atoms with E-state index in [0.29, 0.717) is 43.2 Å². The number of carbonyl (C=O) groups is 3. The largest absolute Gasteiger partial charge is 0.465 e. The highest BCUT2D eigenvalue weighted by molar-refractivity contribution is 7.80. The van der Waals surface area contributed by atoms with E-state index in [2.05, 4.69) is 15.0 Å². The molecule has 0 aliphatic carbocycles. The van der Waals surface area contributed by atoms with Crippen LogP contribution in [-0.4, -0.2) is 85.2 Å². The van der Waals surface area contributed by atoms with Crippen molar-refractivity contribution in [3.8, 4) is 0 Å².